The second-order valence-corrected chi connectivity index (χ2v) is 4.53. The molecule has 0 aliphatic carbocycles. The molecule has 1 aliphatic rings. The van der Waals surface area contributed by atoms with E-state index in [1.807, 2.05) is 12.1 Å². The quantitative estimate of drug-likeness (QED) is 0.813. The fourth-order valence-corrected chi connectivity index (χ4v) is 2.45. The van der Waals surface area contributed by atoms with Crippen LogP contribution in [0.5, 0.6) is 0 Å². The number of benzene rings is 1. The average Bonchev–Trinajstić information content (AvgIpc) is 2.85. The molecule has 1 N–H and O–H groups in total. The van der Waals surface area contributed by atoms with Crippen LogP contribution in [-0.4, -0.2) is 19.6 Å². The summed E-state index contributed by atoms with van der Waals surface area (Å²) in [4.78, 5) is 11.3. The molecular weight excluding hydrogens is 214 g/mol. The Morgan fingerprint density at radius 1 is 1.53 bits per heavy atom. The Hall–Kier alpha value is -1.35. The van der Waals surface area contributed by atoms with Gasteiger partial charge in [-0.1, -0.05) is 18.2 Å². The summed E-state index contributed by atoms with van der Waals surface area (Å²) in [5.41, 5.74) is 3.62. The molecule has 1 saturated heterocycles. The van der Waals surface area contributed by atoms with E-state index in [4.69, 9.17) is 4.74 Å². The zero-order valence-corrected chi connectivity index (χ0v) is 10.5. The van der Waals surface area contributed by atoms with Gasteiger partial charge in [-0.25, -0.2) is 0 Å². The molecule has 0 bridgehead atoms. The average molecular weight is 233 g/mol. The number of methoxy groups -OCH3 is 1. The van der Waals surface area contributed by atoms with Gasteiger partial charge >= 0.3 is 5.97 Å². The van der Waals surface area contributed by atoms with E-state index in [1.165, 1.54) is 31.1 Å². The van der Waals surface area contributed by atoms with Crippen LogP contribution in [0, 0.1) is 6.92 Å². The number of nitrogens with one attached hydrogen (secondary N) is 1. The van der Waals surface area contributed by atoms with Gasteiger partial charge in [0.15, 0.2) is 0 Å². The van der Waals surface area contributed by atoms with E-state index >= 15 is 0 Å². The third-order valence-electron chi connectivity index (χ3n) is 3.49. The van der Waals surface area contributed by atoms with Crippen LogP contribution in [0.15, 0.2) is 18.2 Å². The highest BCUT2D eigenvalue weighted by Crippen LogP contribution is 2.27. The van der Waals surface area contributed by atoms with Crippen molar-refractivity contribution in [3.63, 3.8) is 0 Å². The number of hydrogen-bond donors (Lipinski definition) is 1. The van der Waals surface area contributed by atoms with Crippen LogP contribution in [0.3, 0.4) is 0 Å². The molecule has 1 atom stereocenters. The van der Waals surface area contributed by atoms with Gasteiger partial charge in [-0.2, -0.15) is 0 Å². The Bertz CT molecular complexity index is 409. The van der Waals surface area contributed by atoms with Gasteiger partial charge in [0.25, 0.3) is 0 Å². The van der Waals surface area contributed by atoms with Gasteiger partial charge in [-0.3, -0.25) is 4.79 Å². The van der Waals surface area contributed by atoms with Crippen molar-refractivity contribution in [2.45, 2.75) is 32.2 Å². The maximum atomic E-state index is 11.3. The van der Waals surface area contributed by atoms with Crippen molar-refractivity contribution >= 4 is 5.97 Å². The molecule has 1 aliphatic heterocycles. The highest BCUT2D eigenvalue weighted by atomic mass is 16.5. The minimum atomic E-state index is -0.176. The van der Waals surface area contributed by atoms with Crippen LogP contribution < -0.4 is 5.32 Å². The van der Waals surface area contributed by atoms with Gasteiger partial charge in [-0.05, 0) is 43.0 Å². The number of hydrogen-bond acceptors (Lipinski definition) is 3. The first-order valence-corrected chi connectivity index (χ1v) is 6.11. The standard InChI is InChI=1S/C14H19NO2/c1-10-11(9-14(16)17-2)5-3-6-12(10)13-7-4-8-15-13/h3,5-6,13,15H,4,7-9H2,1-2H3. The Balaban J connectivity index is 2.23. The van der Waals surface area contributed by atoms with Gasteiger partial charge < -0.3 is 10.1 Å². The number of rotatable bonds is 3. The van der Waals surface area contributed by atoms with E-state index in [9.17, 15) is 4.79 Å². The molecule has 3 nitrogen and oxygen atoms in total. The van der Waals surface area contributed by atoms with Crippen molar-refractivity contribution in [1.29, 1.82) is 0 Å². The fraction of sp³-hybridized carbons (Fsp3) is 0.500. The van der Waals surface area contributed by atoms with E-state index in [0.717, 1.165) is 12.1 Å². The molecule has 0 saturated carbocycles. The van der Waals surface area contributed by atoms with E-state index in [2.05, 4.69) is 18.3 Å². The van der Waals surface area contributed by atoms with Crippen molar-refractivity contribution in [2.24, 2.45) is 0 Å². The largest absolute Gasteiger partial charge is 0.469 e. The zero-order chi connectivity index (χ0) is 12.3. The van der Waals surface area contributed by atoms with E-state index in [0.29, 0.717) is 12.5 Å². The second kappa shape index (κ2) is 5.32. The Morgan fingerprint density at radius 3 is 3.00 bits per heavy atom. The summed E-state index contributed by atoms with van der Waals surface area (Å²) in [6, 6.07) is 6.64. The molecule has 0 amide bonds. The zero-order valence-electron chi connectivity index (χ0n) is 10.5. The first-order chi connectivity index (χ1) is 8.22. The van der Waals surface area contributed by atoms with Gasteiger partial charge in [0.1, 0.15) is 0 Å². The Kier molecular flexibility index (Phi) is 3.79. The fourth-order valence-electron chi connectivity index (χ4n) is 2.45. The van der Waals surface area contributed by atoms with Gasteiger partial charge in [-0.15, -0.1) is 0 Å². The van der Waals surface area contributed by atoms with Crippen LogP contribution in [0.1, 0.15) is 35.6 Å². The monoisotopic (exact) mass is 233 g/mol. The predicted molar refractivity (Wildman–Crippen MR) is 66.9 cm³/mol. The minimum Gasteiger partial charge on any atom is -0.469 e. The lowest BCUT2D eigenvalue weighted by Crippen LogP contribution is -2.15. The van der Waals surface area contributed by atoms with Crippen molar-refractivity contribution in [3.8, 4) is 0 Å². The first kappa shape index (κ1) is 12.1. The molecule has 1 unspecified atom stereocenters. The highest BCUT2D eigenvalue weighted by Gasteiger charge is 2.19. The van der Waals surface area contributed by atoms with Crippen molar-refractivity contribution in [1.82, 2.24) is 5.32 Å². The summed E-state index contributed by atoms with van der Waals surface area (Å²) < 4.78 is 4.72. The lowest BCUT2D eigenvalue weighted by molar-refractivity contribution is -0.139. The molecule has 3 heteroatoms. The van der Waals surface area contributed by atoms with Crippen LogP contribution in [0.25, 0.3) is 0 Å². The topological polar surface area (TPSA) is 38.3 Å². The third-order valence-corrected chi connectivity index (χ3v) is 3.49. The minimum absolute atomic E-state index is 0.176. The molecule has 0 radical (unpaired) electrons. The number of carbonyl (C=O) groups excluding carboxylic acids is 1. The summed E-state index contributed by atoms with van der Waals surface area (Å²) in [6.07, 6.45) is 2.77. The molecule has 0 spiro atoms. The predicted octanol–water partition coefficient (Wildman–Crippen LogP) is 2.14. The van der Waals surface area contributed by atoms with E-state index in [1.54, 1.807) is 0 Å². The van der Waals surface area contributed by atoms with Gasteiger partial charge in [0.2, 0.25) is 0 Å². The summed E-state index contributed by atoms with van der Waals surface area (Å²) in [6.45, 7) is 3.18. The molecule has 92 valence electrons. The van der Waals surface area contributed by atoms with E-state index < -0.39 is 0 Å². The highest BCUT2D eigenvalue weighted by molar-refractivity contribution is 5.73. The molecule has 0 aromatic heterocycles. The van der Waals surface area contributed by atoms with Gasteiger partial charge in [0, 0.05) is 6.04 Å². The van der Waals surface area contributed by atoms with Crippen LogP contribution in [0.4, 0.5) is 0 Å². The summed E-state index contributed by atoms with van der Waals surface area (Å²) in [7, 11) is 1.43. The molecule has 17 heavy (non-hydrogen) atoms. The molecule has 2 rings (SSSR count). The van der Waals surface area contributed by atoms with Crippen molar-refractivity contribution < 1.29 is 9.53 Å². The third kappa shape index (κ3) is 2.67. The van der Waals surface area contributed by atoms with Crippen LogP contribution in [0.2, 0.25) is 0 Å². The van der Waals surface area contributed by atoms with Crippen molar-refractivity contribution in [3.05, 3.63) is 34.9 Å². The van der Waals surface area contributed by atoms with Crippen molar-refractivity contribution in [2.75, 3.05) is 13.7 Å². The first-order valence-electron chi connectivity index (χ1n) is 6.11. The maximum absolute atomic E-state index is 11.3. The second-order valence-electron chi connectivity index (χ2n) is 4.53. The number of carbonyl (C=O) groups is 1. The molecule has 1 aromatic rings. The molecule has 1 fully saturated rings. The number of ether oxygens (including phenoxy) is 1. The summed E-state index contributed by atoms with van der Waals surface area (Å²) in [5, 5.41) is 3.49. The molecular formula is C14H19NO2. The van der Waals surface area contributed by atoms with E-state index in [-0.39, 0.29) is 5.97 Å². The lowest BCUT2D eigenvalue weighted by atomic mass is 9.94. The Morgan fingerprint density at radius 2 is 2.35 bits per heavy atom. The normalized spacial score (nSPS) is 19.3. The Labute approximate surface area is 102 Å². The molecule has 1 aromatic carbocycles. The van der Waals surface area contributed by atoms with Crippen LogP contribution >= 0.6 is 0 Å². The summed E-state index contributed by atoms with van der Waals surface area (Å²) >= 11 is 0. The maximum Gasteiger partial charge on any atom is 0.309 e. The van der Waals surface area contributed by atoms with Gasteiger partial charge in [0.05, 0.1) is 13.5 Å². The smallest absolute Gasteiger partial charge is 0.309 e. The summed E-state index contributed by atoms with van der Waals surface area (Å²) in [5.74, 6) is -0.176. The number of esters is 1. The lowest BCUT2D eigenvalue weighted by Gasteiger charge is -2.16. The molecule has 1 heterocycles. The van der Waals surface area contributed by atoms with Crippen LogP contribution in [-0.2, 0) is 16.0 Å². The SMILES string of the molecule is COC(=O)Cc1cccc(C2CCCN2)c1C.